The van der Waals surface area contributed by atoms with Crippen molar-refractivity contribution in [2.75, 3.05) is 12.4 Å². The van der Waals surface area contributed by atoms with E-state index < -0.39 is 19.6 Å². The van der Waals surface area contributed by atoms with Crippen LogP contribution in [-0.4, -0.2) is 48.0 Å². The minimum atomic E-state index is -4.70. The second kappa shape index (κ2) is 10.1. The van der Waals surface area contributed by atoms with Crippen molar-refractivity contribution >= 4 is 36.6 Å². The summed E-state index contributed by atoms with van der Waals surface area (Å²) in [6, 6.07) is 10.7. The van der Waals surface area contributed by atoms with Gasteiger partial charge in [-0.25, -0.2) is 9.55 Å². The summed E-state index contributed by atoms with van der Waals surface area (Å²) in [5, 5.41) is 7.13. The maximum absolute atomic E-state index is 13.2. The van der Waals surface area contributed by atoms with E-state index in [0.717, 1.165) is 0 Å². The van der Waals surface area contributed by atoms with Crippen molar-refractivity contribution in [2.24, 2.45) is 5.73 Å². The van der Waals surface area contributed by atoms with Crippen molar-refractivity contribution in [1.29, 1.82) is 0 Å². The summed E-state index contributed by atoms with van der Waals surface area (Å²) in [7, 11) is -3.26. The lowest BCUT2D eigenvalue weighted by Crippen LogP contribution is -2.20. The number of nitrogens with one attached hydrogen (secondary N) is 1. The Morgan fingerprint density at radius 3 is 2.46 bits per heavy atom. The van der Waals surface area contributed by atoms with E-state index in [1.165, 1.54) is 31.4 Å². The molecule has 4 rings (SSSR count). The lowest BCUT2D eigenvalue weighted by Gasteiger charge is -2.13. The standard InChI is InChI=1S/C23H25N6O7P/c1-4-29-18(9-13(2)27-29)22(31)26-23-25-17-10-15(21(24)30)11-19(35-3)20(17)28(23)12-14-5-7-16(8-6-14)36-37(32,33)34/h5-11H,4,12H2,1-3H3,(H2,24,30)(H,25,26,31)(H2,32,33,34). The number of carbonyl (C=O) groups excluding carboxylic acids is 2. The van der Waals surface area contributed by atoms with E-state index in [9.17, 15) is 14.2 Å². The van der Waals surface area contributed by atoms with Crippen molar-refractivity contribution < 1.29 is 33.2 Å². The fourth-order valence-corrected chi connectivity index (χ4v) is 4.28. The molecule has 0 radical (unpaired) electrons. The zero-order valence-electron chi connectivity index (χ0n) is 20.2. The summed E-state index contributed by atoms with van der Waals surface area (Å²) in [5.41, 5.74) is 8.25. The molecule has 0 aliphatic rings. The van der Waals surface area contributed by atoms with Crippen LogP contribution < -0.4 is 20.3 Å². The molecule has 0 bridgehead atoms. The largest absolute Gasteiger partial charge is 0.524 e. The smallest absolute Gasteiger partial charge is 0.494 e. The average Bonchev–Trinajstić information content (AvgIpc) is 3.38. The molecule has 13 nitrogen and oxygen atoms in total. The summed E-state index contributed by atoms with van der Waals surface area (Å²) in [6.07, 6.45) is 0. The Hall–Kier alpha value is -4.19. The van der Waals surface area contributed by atoms with Crippen LogP contribution >= 0.6 is 7.82 Å². The second-order valence-corrected chi connectivity index (χ2v) is 9.26. The minimum absolute atomic E-state index is 0.00650. The van der Waals surface area contributed by atoms with E-state index >= 15 is 0 Å². The van der Waals surface area contributed by atoms with Crippen molar-refractivity contribution in [3.8, 4) is 11.5 Å². The first-order chi connectivity index (χ1) is 17.5. The number of phosphoric ester groups is 1. The molecule has 0 unspecified atom stereocenters. The molecule has 37 heavy (non-hydrogen) atoms. The first-order valence-electron chi connectivity index (χ1n) is 11.1. The Bertz CT molecular complexity index is 1540. The molecule has 0 saturated carbocycles. The van der Waals surface area contributed by atoms with E-state index in [1.807, 2.05) is 6.92 Å². The van der Waals surface area contributed by atoms with Gasteiger partial charge in [-0.15, -0.1) is 0 Å². The molecule has 14 heteroatoms. The Morgan fingerprint density at radius 1 is 1.16 bits per heavy atom. The number of hydrogen-bond donors (Lipinski definition) is 4. The van der Waals surface area contributed by atoms with Crippen molar-refractivity contribution in [1.82, 2.24) is 19.3 Å². The Morgan fingerprint density at radius 2 is 1.86 bits per heavy atom. The summed E-state index contributed by atoms with van der Waals surface area (Å²) in [5.74, 6) is -0.609. The molecule has 4 aromatic rings. The van der Waals surface area contributed by atoms with Crippen LogP contribution in [-0.2, 0) is 17.7 Å². The van der Waals surface area contributed by atoms with E-state index in [0.29, 0.717) is 40.3 Å². The number of nitrogens with two attached hydrogens (primary N) is 1. The third-order valence-corrected chi connectivity index (χ3v) is 5.91. The maximum Gasteiger partial charge on any atom is 0.524 e. The summed E-state index contributed by atoms with van der Waals surface area (Å²) in [6.45, 7) is 4.33. The first-order valence-corrected chi connectivity index (χ1v) is 12.6. The van der Waals surface area contributed by atoms with Crippen LogP contribution in [0.4, 0.5) is 5.95 Å². The quantitative estimate of drug-likeness (QED) is 0.237. The highest BCUT2D eigenvalue weighted by Crippen LogP contribution is 2.37. The number of ether oxygens (including phenoxy) is 1. The number of amides is 2. The minimum Gasteiger partial charge on any atom is -0.494 e. The highest BCUT2D eigenvalue weighted by atomic mass is 31.2. The van der Waals surface area contributed by atoms with E-state index in [1.54, 1.807) is 34.4 Å². The third kappa shape index (κ3) is 5.64. The lowest BCUT2D eigenvalue weighted by atomic mass is 10.1. The Balaban J connectivity index is 1.79. The highest BCUT2D eigenvalue weighted by Gasteiger charge is 2.22. The molecule has 194 valence electrons. The zero-order valence-corrected chi connectivity index (χ0v) is 21.1. The van der Waals surface area contributed by atoms with Gasteiger partial charge in [0.1, 0.15) is 22.7 Å². The summed E-state index contributed by atoms with van der Waals surface area (Å²) < 4.78 is 24.5. The third-order valence-electron chi connectivity index (χ3n) is 5.46. The van der Waals surface area contributed by atoms with Crippen LogP contribution in [0, 0.1) is 6.92 Å². The number of benzene rings is 2. The number of anilines is 1. The second-order valence-electron chi connectivity index (χ2n) is 8.10. The summed E-state index contributed by atoms with van der Waals surface area (Å²) in [4.78, 5) is 47.6. The summed E-state index contributed by atoms with van der Waals surface area (Å²) >= 11 is 0. The van der Waals surface area contributed by atoms with Crippen LogP contribution in [0.25, 0.3) is 11.0 Å². The fourth-order valence-electron chi connectivity index (χ4n) is 3.89. The van der Waals surface area contributed by atoms with Gasteiger partial charge < -0.3 is 19.6 Å². The van der Waals surface area contributed by atoms with Crippen molar-refractivity contribution in [3.05, 3.63) is 65.0 Å². The van der Waals surface area contributed by atoms with E-state index in [4.69, 9.17) is 20.3 Å². The number of primary amides is 1. The molecule has 2 heterocycles. The van der Waals surface area contributed by atoms with Gasteiger partial charge in [-0.3, -0.25) is 29.4 Å². The van der Waals surface area contributed by atoms with Crippen LogP contribution in [0.5, 0.6) is 11.5 Å². The van der Waals surface area contributed by atoms with Gasteiger partial charge in [0.25, 0.3) is 5.91 Å². The Kier molecular flexibility index (Phi) is 7.03. The number of imidazole rings is 1. The molecule has 2 aromatic heterocycles. The monoisotopic (exact) mass is 528 g/mol. The first kappa shape index (κ1) is 25.9. The normalized spacial score (nSPS) is 11.5. The average molecular weight is 528 g/mol. The molecule has 2 amide bonds. The number of aryl methyl sites for hydroxylation is 2. The van der Waals surface area contributed by atoms with Gasteiger partial charge >= 0.3 is 7.82 Å². The molecule has 0 fully saturated rings. The predicted octanol–water partition coefficient (Wildman–Crippen LogP) is 2.44. The number of carbonyl (C=O) groups is 2. The molecule has 0 saturated heterocycles. The molecular weight excluding hydrogens is 503 g/mol. The number of phosphoric acid groups is 1. The van der Waals surface area contributed by atoms with Gasteiger partial charge in [0.05, 0.1) is 24.9 Å². The molecule has 0 aliphatic heterocycles. The van der Waals surface area contributed by atoms with Crippen LogP contribution in [0.15, 0.2) is 42.5 Å². The number of aromatic nitrogens is 4. The lowest BCUT2D eigenvalue weighted by molar-refractivity contribution is 0.0995. The fraction of sp³-hybridized carbons (Fsp3) is 0.217. The van der Waals surface area contributed by atoms with Gasteiger partial charge in [-0.2, -0.15) is 5.10 Å². The molecule has 5 N–H and O–H groups in total. The van der Waals surface area contributed by atoms with Gasteiger partial charge in [-0.1, -0.05) is 12.1 Å². The number of hydrogen-bond acceptors (Lipinski definition) is 7. The molecular formula is C23H25N6O7P. The number of nitrogens with zero attached hydrogens (tertiary/aromatic N) is 4. The van der Waals surface area contributed by atoms with Crippen molar-refractivity contribution in [3.63, 3.8) is 0 Å². The van der Waals surface area contributed by atoms with Gasteiger partial charge in [0.15, 0.2) is 0 Å². The molecule has 0 aliphatic carbocycles. The van der Waals surface area contributed by atoms with Crippen molar-refractivity contribution in [2.45, 2.75) is 26.9 Å². The van der Waals surface area contributed by atoms with Gasteiger partial charge in [0.2, 0.25) is 11.9 Å². The van der Waals surface area contributed by atoms with Gasteiger partial charge in [0, 0.05) is 12.1 Å². The van der Waals surface area contributed by atoms with Gasteiger partial charge in [-0.05, 0) is 49.7 Å². The molecule has 0 atom stereocenters. The number of methoxy groups -OCH3 is 1. The topological polar surface area (TPSA) is 184 Å². The number of fused-ring (bicyclic) bond motifs is 1. The Labute approximate surface area is 211 Å². The van der Waals surface area contributed by atoms with E-state index in [2.05, 4.69) is 19.9 Å². The predicted molar refractivity (Wildman–Crippen MR) is 134 cm³/mol. The van der Waals surface area contributed by atoms with E-state index in [-0.39, 0.29) is 23.8 Å². The van der Waals surface area contributed by atoms with Crippen LogP contribution in [0.1, 0.15) is 39.0 Å². The highest BCUT2D eigenvalue weighted by molar-refractivity contribution is 7.46. The number of rotatable bonds is 9. The zero-order chi connectivity index (χ0) is 26.9. The van der Waals surface area contributed by atoms with Crippen LogP contribution in [0.2, 0.25) is 0 Å². The molecule has 0 spiro atoms. The maximum atomic E-state index is 13.2. The van der Waals surface area contributed by atoms with Crippen LogP contribution in [0.3, 0.4) is 0 Å². The molecule has 2 aromatic carbocycles. The SMILES string of the molecule is CCn1nc(C)cc1C(=O)Nc1nc2cc(C(N)=O)cc(OC)c2n1Cc1ccc(OP(=O)(O)O)cc1.